The highest BCUT2D eigenvalue weighted by molar-refractivity contribution is 5.93. The van der Waals surface area contributed by atoms with Crippen LogP contribution in [0.2, 0.25) is 0 Å². The summed E-state index contributed by atoms with van der Waals surface area (Å²) in [5.41, 5.74) is 3.85. The normalized spacial score (nSPS) is 10.6. The SMILES string of the molecule is COc1ccc(C(=O)Oc2ccc(/C=N\NC(=O)c3ccc[nH]3)cc2OC)cc1. The van der Waals surface area contributed by atoms with E-state index in [1.807, 2.05) is 0 Å². The molecule has 0 unspecified atom stereocenters. The number of H-pyrrole nitrogens is 1. The fraction of sp³-hybridized carbons (Fsp3) is 0.0952. The lowest BCUT2D eigenvalue weighted by Gasteiger charge is -2.10. The van der Waals surface area contributed by atoms with Crippen molar-refractivity contribution in [3.8, 4) is 17.2 Å². The number of ether oxygens (including phenoxy) is 3. The lowest BCUT2D eigenvalue weighted by atomic mass is 10.2. The molecular formula is C21H19N3O5. The number of esters is 1. The van der Waals surface area contributed by atoms with E-state index in [1.165, 1.54) is 13.3 Å². The van der Waals surface area contributed by atoms with Crippen LogP contribution in [0.5, 0.6) is 17.2 Å². The van der Waals surface area contributed by atoms with Gasteiger partial charge in [0.1, 0.15) is 11.4 Å². The van der Waals surface area contributed by atoms with E-state index in [0.717, 1.165) is 0 Å². The van der Waals surface area contributed by atoms with Crippen LogP contribution in [0.4, 0.5) is 0 Å². The van der Waals surface area contributed by atoms with Crippen LogP contribution in [0, 0.1) is 0 Å². The van der Waals surface area contributed by atoms with Gasteiger partial charge in [-0.2, -0.15) is 5.10 Å². The first-order valence-electron chi connectivity index (χ1n) is 8.62. The van der Waals surface area contributed by atoms with Crippen molar-refractivity contribution in [2.24, 2.45) is 5.10 Å². The molecule has 2 N–H and O–H groups in total. The highest BCUT2D eigenvalue weighted by Gasteiger charge is 2.13. The summed E-state index contributed by atoms with van der Waals surface area (Å²) in [6.07, 6.45) is 3.11. The van der Waals surface area contributed by atoms with E-state index in [9.17, 15) is 9.59 Å². The summed E-state index contributed by atoms with van der Waals surface area (Å²) in [7, 11) is 3.02. The molecule has 0 aliphatic rings. The summed E-state index contributed by atoms with van der Waals surface area (Å²) < 4.78 is 15.8. The lowest BCUT2D eigenvalue weighted by Crippen LogP contribution is -2.17. The van der Waals surface area contributed by atoms with Crippen LogP contribution in [-0.2, 0) is 0 Å². The van der Waals surface area contributed by atoms with Gasteiger partial charge in [0.2, 0.25) is 0 Å². The molecule has 8 heteroatoms. The molecule has 0 atom stereocenters. The van der Waals surface area contributed by atoms with Crippen LogP contribution in [0.1, 0.15) is 26.4 Å². The second-order valence-corrected chi connectivity index (χ2v) is 5.81. The number of methoxy groups -OCH3 is 2. The molecule has 0 aliphatic carbocycles. The van der Waals surface area contributed by atoms with E-state index in [0.29, 0.717) is 28.3 Å². The Kier molecular flexibility index (Phi) is 6.26. The predicted molar refractivity (Wildman–Crippen MR) is 107 cm³/mol. The maximum absolute atomic E-state index is 12.3. The maximum Gasteiger partial charge on any atom is 0.343 e. The summed E-state index contributed by atoms with van der Waals surface area (Å²) in [4.78, 5) is 26.9. The fourth-order valence-electron chi connectivity index (χ4n) is 2.43. The average molecular weight is 393 g/mol. The molecular weight excluding hydrogens is 374 g/mol. The van der Waals surface area contributed by atoms with Gasteiger partial charge in [-0.25, -0.2) is 10.2 Å². The molecule has 0 fully saturated rings. The van der Waals surface area contributed by atoms with Crippen molar-refractivity contribution < 1.29 is 23.8 Å². The molecule has 2 aromatic carbocycles. The molecule has 1 aromatic heterocycles. The number of carbonyl (C=O) groups excluding carboxylic acids is 2. The number of rotatable bonds is 7. The van der Waals surface area contributed by atoms with Crippen molar-refractivity contribution in [2.45, 2.75) is 0 Å². The zero-order valence-corrected chi connectivity index (χ0v) is 15.8. The number of benzene rings is 2. The number of amides is 1. The van der Waals surface area contributed by atoms with E-state index >= 15 is 0 Å². The number of nitrogens with zero attached hydrogens (tertiary/aromatic N) is 1. The predicted octanol–water partition coefficient (Wildman–Crippen LogP) is 3.02. The van der Waals surface area contributed by atoms with Crippen molar-refractivity contribution >= 4 is 18.1 Å². The number of hydrogen-bond acceptors (Lipinski definition) is 6. The van der Waals surface area contributed by atoms with Crippen molar-refractivity contribution in [1.82, 2.24) is 10.4 Å². The third-order valence-electron chi connectivity index (χ3n) is 3.94. The minimum atomic E-state index is -0.523. The van der Waals surface area contributed by atoms with E-state index in [2.05, 4.69) is 15.5 Å². The molecule has 8 nitrogen and oxygen atoms in total. The highest BCUT2D eigenvalue weighted by atomic mass is 16.6. The van der Waals surface area contributed by atoms with Gasteiger partial charge in [-0.05, 0) is 60.2 Å². The number of aromatic nitrogens is 1. The third kappa shape index (κ3) is 5.01. The third-order valence-corrected chi connectivity index (χ3v) is 3.94. The van der Waals surface area contributed by atoms with Gasteiger partial charge in [0.15, 0.2) is 11.5 Å². The standard InChI is InChI=1S/C21H19N3O5/c1-27-16-8-6-15(7-9-16)21(26)29-18-10-5-14(12-19(18)28-2)13-23-24-20(25)17-4-3-11-22-17/h3-13,22H,1-2H3,(H,24,25)/b23-13-. The Morgan fingerprint density at radius 3 is 2.45 bits per heavy atom. The van der Waals surface area contributed by atoms with Crippen molar-refractivity contribution in [3.05, 3.63) is 77.6 Å². The molecule has 29 heavy (non-hydrogen) atoms. The average Bonchev–Trinajstić information content (AvgIpc) is 3.29. The van der Waals surface area contributed by atoms with Crippen LogP contribution >= 0.6 is 0 Å². The molecule has 1 heterocycles. The van der Waals surface area contributed by atoms with Crippen molar-refractivity contribution in [3.63, 3.8) is 0 Å². The maximum atomic E-state index is 12.3. The summed E-state index contributed by atoms with van der Waals surface area (Å²) in [6.45, 7) is 0. The number of hydrogen-bond donors (Lipinski definition) is 2. The van der Waals surface area contributed by atoms with E-state index in [1.54, 1.807) is 67.9 Å². The van der Waals surface area contributed by atoms with Crippen molar-refractivity contribution in [1.29, 1.82) is 0 Å². The number of carbonyl (C=O) groups is 2. The van der Waals surface area contributed by atoms with Gasteiger partial charge >= 0.3 is 5.97 Å². The Hall–Kier alpha value is -4.07. The second kappa shape index (κ2) is 9.23. The Labute approximate surface area is 167 Å². The molecule has 0 bridgehead atoms. The highest BCUT2D eigenvalue weighted by Crippen LogP contribution is 2.28. The molecule has 148 valence electrons. The van der Waals surface area contributed by atoms with Gasteiger partial charge in [0, 0.05) is 6.20 Å². The zero-order valence-electron chi connectivity index (χ0n) is 15.8. The van der Waals surface area contributed by atoms with Gasteiger partial charge < -0.3 is 19.2 Å². The van der Waals surface area contributed by atoms with E-state index in [4.69, 9.17) is 14.2 Å². The summed E-state index contributed by atoms with van der Waals surface area (Å²) >= 11 is 0. The fourth-order valence-corrected chi connectivity index (χ4v) is 2.43. The first-order chi connectivity index (χ1) is 14.1. The largest absolute Gasteiger partial charge is 0.497 e. The quantitative estimate of drug-likeness (QED) is 0.278. The minimum absolute atomic E-state index is 0.265. The smallest absolute Gasteiger partial charge is 0.343 e. The molecule has 3 aromatic rings. The molecule has 1 amide bonds. The summed E-state index contributed by atoms with van der Waals surface area (Å²) in [5.74, 6) is 0.382. The molecule has 0 spiro atoms. The van der Waals surface area contributed by atoms with Gasteiger partial charge in [0.25, 0.3) is 5.91 Å². The van der Waals surface area contributed by atoms with Gasteiger partial charge in [0.05, 0.1) is 26.0 Å². The van der Waals surface area contributed by atoms with Gasteiger partial charge in [-0.1, -0.05) is 0 Å². The topological polar surface area (TPSA) is 102 Å². The monoisotopic (exact) mass is 393 g/mol. The molecule has 0 radical (unpaired) electrons. The first-order valence-corrected chi connectivity index (χ1v) is 8.62. The first kappa shape index (κ1) is 19.7. The second-order valence-electron chi connectivity index (χ2n) is 5.81. The Morgan fingerprint density at radius 1 is 1.00 bits per heavy atom. The van der Waals surface area contributed by atoms with Gasteiger partial charge in [-0.15, -0.1) is 0 Å². The number of hydrazone groups is 1. The molecule has 0 aliphatic heterocycles. The van der Waals surface area contributed by atoms with Crippen LogP contribution in [-0.4, -0.2) is 37.3 Å². The minimum Gasteiger partial charge on any atom is -0.497 e. The summed E-state index contributed by atoms with van der Waals surface area (Å²) in [5, 5.41) is 3.91. The van der Waals surface area contributed by atoms with Crippen LogP contribution in [0.15, 0.2) is 65.9 Å². The Balaban J connectivity index is 1.67. The van der Waals surface area contributed by atoms with Gasteiger partial charge in [-0.3, -0.25) is 4.79 Å². The Morgan fingerprint density at radius 2 is 1.79 bits per heavy atom. The van der Waals surface area contributed by atoms with E-state index in [-0.39, 0.29) is 11.7 Å². The van der Waals surface area contributed by atoms with Crippen molar-refractivity contribution in [2.75, 3.05) is 14.2 Å². The molecule has 3 rings (SSSR count). The number of aromatic amines is 1. The summed E-state index contributed by atoms with van der Waals surface area (Å²) in [6, 6.07) is 14.8. The van der Waals surface area contributed by atoms with Crippen LogP contribution in [0.3, 0.4) is 0 Å². The molecule has 0 saturated heterocycles. The zero-order chi connectivity index (χ0) is 20.6. The van der Waals surface area contributed by atoms with Crippen LogP contribution in [0.25, 0.3) is 0 Å². The molecule has 0 saturated carbocycles. The Bertz CT molecular complexity index is 1010. The van der Waals surface area contributed by atoms with Crippen LogP contribution < -0.4 is 19.6 Å². The lowest BCUT2D eigenvalue weighted by molar-refractivity contribution is 0.0729. The van der Waals surface area contributed by atoms with E-state index < -0.39 is 5.97 Å². The number of nitrogens with one attached hydrogen (secondary N) is 2.